The fraction of sp³-hybridized carbons (Fsp3) is 0.231. The normalized spacial score (nSPS) is 14.5. The van der Waals surface area contributed by atoms with Crippen LogP contribution in [0.3, 0.4) is 0 Å². The van der Waals surface area contributed by atoms with E-state index in [1.165, 1.54) is 0 Å². The van der Waals surface area contributed by atoms with Crippen molar-refractivity contribution in [3.63, 3.8) is 0 Å². The standard InChI is InChI=1S/C26H23N3O7/c1-33-17-7-3-15(4-8-17)23-19(13-27)25(36-24(23)16-5-9-18(34-2)10-6-16)29-22(31)14-35-26(32)20-11-12-21(30)28-20/h3-10,20H,11-12,14H2,1-2H3,(H,28,30)(H,29,31)/t20-/m0/s1. The second-order valence-electron chi connectivity index (χ2n) is 7.89. The smallest absolute Gasteiger partial charge is 0.329 e. The number of ether oxygens (including phenoxy) is 3. The largest absolute Gasteiger partial charge is 0.497 e. The Morgan fingerprint density at radius 1 is 1.06 bits per heavy atom. The molecule has 1 saturated heterocycles. The molecule has 0 unspecified atom stereocenters. The summed E-state index contributed by atoms with van der Waals surface area (Å²) in [6.45, 7) is -0.605. The molecule has 2 heterocycles. The number of methoxy groups -OCH3 is 2. The highest BCUT2D eigenvalue weighted by Gasteiger charge is 2.29. The molecule has 2 amide bonds. The predicted octanol–water partition coefficient (Wildman–Crippen LogP) is 3.26. The van der Waals surface area contributed by atoms with Crippen LogP contribution in [0.25, 0.3) is 22.5 Å². The minimum atomic E-state index is -0.771. The van der Waals surface area contributed by atoms with Crippen LogP contribution in [0.15, 0.2) is 52.9 Å². The number of rotatable bonds is 8. The Balaban J connectivity index is 1.62. The number of benzene rings is 2. The molecule has 0 saturated carbocycles. The van der Waals surface area contributed by atoms with Gasteiger partial charge < -0.3 is 23.9 Å². The first-order valence-electron chi connectivity index (χ1n) is 11.0. The zero-order valence-corrected chi connectivity index (χ0v) is 19.6. The van der Waals surface area contributed by atoms with E-state index >= 15 is 0 Å². The summed E-state index contributed by atoms with van der Waals surface area (Å²) in [6.07, 6.45) is 0.540. The molecule has 2 aromatic carbocycles. The number of amides is 2. The highest BCUT2D eigenvalue weighted by Crippen LogP contribution is 2.42. The summed E-state index contributed by atoms with van der Waals surface area (Å²) in [6, 6.07) is 15.4. The van der Waals surface area contributed by atoms with Crippen LogP contribution in [-0.2, 0) is 19.1 Å². The van der Waals surface area contributed by atoms with E-state index in [4.69, 9.17) is 18.6 Å². The third-order valence-electron chi connectivity index (χ3n) is 5.63. The van der Waals surface area contributed by atoms with Crippen LogP contribution < -0.4 is 20.1 Å². The zero-order valence-electron chi connectivity index (χ0n) is 19.6. The van der Waals surface area contributed by atoms with E-state index in [0.717, 1.165) is 0 Å². The van der Waals surface area contributed by atoms with Crippen molar-refractivity contribution in [2.45, 2.75) is 18.9 Å². The van der Waals surface area contributed by atoms with Crippen LogP contribution in [0.5, 0.6) is 11.5 Å². The lowest BCUT2D eigenvalue weighted by atomic mass is 9.98. The van der Waals surface area contributed by atoms with Crippen molar-refractivity contribution >= 4 is 23.7 Å². The number of nitrogens with one attached hydrogen (secondary N) is 2. The van der Waals surface area contributed by atoms with Crippen molar-refractivity contribution in [2.75, 3.05) is 26.1 Å². The fourth-order valence-corrected chi connectivity index (χ4v) is 3.80. The molecular formula is C26H23N3O7. The van der Waals surface area contributed by atoms with E-state index in [1.54, 1.807) is 62.8 Å². The molecule has 4 rings (SSSR count). The minimum absolute atomic E-state index is 0.0793. The van der Waals surface area contributed by atoms with Gasteiger partial charge in [0.2, 0.25) is 11.8 Å². The molecule has 1 fully saturated rings. The van der Waals surface area contributed by atoms with Crippen molar-refractivity contribution in [1.82, 2.24) is 5.32 Å². The van der Waals surface area contributed by atoms with Crippen LogP contribution in [-0.4, -0.2) is 44.7 Å². The molecule has 0 radical (unpaired) electrons. The van der Waals surface area contributed by atoms with Gasteiger partial charge in [0.05, 0.1) is 14.2 Å². The molecule has 2 N–H and O–H groups in total. The molecule has 0 bridgehead atoms. The van der Waals surface area contributed by atoms with Gasteiger partial charge >= 0.3 is 5.97 Å². The lowest BCUT2D eigenvalue weighted by Crippen LogP contribution is -2.36. The monoisotopic (exact) mass is 489 g/mol. The van der Waals surface area contributed by atoms with Crippen LogP contribution in [0.2, 0.25) is 0 Å². The molecule has 1 aliphatic heterocycles. The zero-order chi connectivity index (χ0) is 25.7. The summed E-state index contributed by atoms with van der Waals surface area (Å²) in [4.78, 5) is 35.9. The maximum atomic E-state index is 12.5. The van der Waals surface area contributed by atoms with Crippen LogP contribution in [0.1, 0.15) is 18.4 Å². The van der Waals surface area contributed by atoms with Gasteiger partial charge in [-0.25, -0.2) is 4.79 Å². The van der Waals surface area contributed by atoms with Gasteiger partial charge in [0.15, 0.2) is 6.61 Å². The van der Waals surface area contributed by atoms with E-state index in [9.17, 15) is 19.6 Å². The van der Waals surface area contributed by atoms with Crippen LogP contribution >= 0.6 is 0 Å². The Kier molecular flexibility index (Phi) is 7.20. The molecule has 3 aromatic rings. The average molecular weight is 489 g/mol. The number of nitriles is 1. The van der Waals surface area contributed by atoms with E-state index in [-0.39, 0.29) is 23.8 Å². The van der Waals surface area contributed by atoms with Crippen molar-refractivity contribution in [2.24, 2.45) is 0 Å². The van der Waals surface area contributed by atoms with Gasteiger partial charge in [0.1, 0.15) is 34.9 Å². The second-order valence-corrected chi connectivity index (χ2v) is 7.89. The maximum absolute atomic E-state index is 12.5. The fourth-order valence-electron chi connectivity index (χ4n) is 3.80. The molecule has 1 aliphatic rings. The van der Waals surface area contributed by atoms with Gasteiger partial charge in [-0.2, -0.15) is 5.26 Å². The Morgan fingerprint density at radius 3 is 2.19 bits per heavy atom. The molecular weight excluding hydrogens is 466 g/mol. The summed E-state index contributed by atoms with van der Waals surface area (Å²) in [5, 5.41) is 15.0. The molecule has 0 spiro atoms. The molecule has 1 atom stereocenters. The summed E-state index contributed by atoms with van der Waals surface area (Å²) >= 11 is 0. The first-order valence-corrected chi connectivity index (χ1v) is 11.0. The Hall–Kier alpha value is -4.78. The number of carbonyl (C=O) groups is 3. The number of hydrogen-bond donors (Lipinski definition) is 2. The first-order chi connectivity index (χ1) is 17.4. The summed E-state index contributed by atoms with van der Waals surface area (Å²) in [5.74, 6) is -0.0714. The predicted molar refractivity (Wildman–Crippen MR) is 128 cm³/mol. The molecule has 36 heavy (non-hydrogen) atoms. The highest BCUT2D eigenvalue weighted by molar-refractivity contribution is 5.97. The second kappa shape index (κ2) is 10.7. The highest BCUT2D eigenvalue weighted by atomic mass is 16.5. The van der Waals surface area contributed by atoms with Crippen molar-refractivity contribution in [3.05, 3.63) is 54.1 Å². The Labute approximate surface area is 206 Å². The van der Waals surface area contributed by atoms with Crippen LogP contribution in [0, 0.1) is 11.3 Å². The maximum Gasteiger partial charge on any atom is 0.329 e. The third kappa shape index (κ3) is 5.15. The number of furan rings is 1. The van der Waals surface area contributed by atoms with Crippen molar-refractivity contribution in [3.8, 4) is 40.0 Å². The van der Waals surface area contributed by atoms with Gasteiger partial charge in [-0.05, 0) is 48.4 Å². The number of anilines is 1. The average Bonchev–Trinajstić information content (AvgIpc) is 3.50. The topological polar surface area (TPSA) is 140 Å². The summed E-state index contributed by atoms with van der Waals surface area (Å²) in [5.41, 5.74) is 1.91. The summed E-state index contributed by atoms with van der Waals surface area (Å²) < 4.78 is 21.4. The van der Waals surface area contributed by atoms with E-state index in [1.807, 2.05) is 0 Å². The molecule has 10 nitrogen and oxygen atoms in total. The van der Waals surface area contributed by atoms with E-state index < -0.39 is 24.5 Å². The SMILES string of the molecule is COc1ccc(-c2oc(NC(=O)COC(=O)[C@@H]3CCC(=O)N3)c(C#N)c2-c2ccc(OC)cc2)cc1. The quantitative estimate of drug-likeness (QED) is 0.460. The number of hydrogen-bond acceptors (Lipinski definition) is 8. The molecule has 1 aromatic heterocycles. The van der Waals surface area contributed by atoms with Gasteiger partial charge in [-0.1, -0.05) is 12.1 Å². The van der Waals surface area contributed by atoms with E-state index in [0.29, 0.717) is 40.4 Å². The lowest BCUT2D eigenvalue weighted by Gasteiger charge is -2.09. The number of esters is 1. The minimum Gasteiger partial charge on any atom is -0.497 e. The van der Waals surface area contributed by atoms with Gasteiger partial charge in [-0.3, -0.25) is 14.9 Å². The van der Waals surface area contributed by atoms with Gasteiger partial charge in [0.25, 0.3) is 5.91 Å². The lowest BCUT2D eigenvalue weighted by molar-refractivity contribution is -0.149. The summed E-state index contributed by atoms with van der Waals surface area (Å²) in [7, 11) is 3.11. The number of carbonyl (C=O) groups excluding carboxylic acids is 3. The van der Waals surface area contributed by atoms with E-state index in [2.05, 4.69) is 16.7 Å². The number of nitrogens with zero attached hydrogens (tertiary/aromatic N) is 1. The van der Waals surface area contributed by atoms with Gasteiger partial charge in [-0.15, -0.1) is 0 Å². The van der Waals surface area contributed by atoms with Gasteiger partial charge in [0, 0.05) is 17.5 Å². The third-order valence-corrected chi connectivity index (χ3v) is 5.63. The van der Waals surface area contributed by atoms with Crippen LogP contribution in [0.4, 0.5) is 5.88 Å². The Bertz CT molecular complexity index is 1320. The van der Waals surface area contributed by atoms with Crippen molar-refractivity contribution in [1.29, 1.82) is 5.26 Å². The molecule has 10 heteroatoms. The Morgan fingerprint density at radius 2 is 1.67 bits per heavy atom. The van der Waals surface area contributed by atoms with Crippen molar-refractivity contribution < 1.29 is 33.0 Å². The molecule has 184 valence electrons. The molecule has 0 aliphatic carbocycles. The first kappa shape index (κ1) is 24.3.